The van der Waals surface area contributed by atoms with Crippen molar-refractivity contribution >= 4 is 21.4 Å². The summed E-state index contributed by atoms with van der Waals surface area (Å²) in [5.41, 5.74) is 1.26. The molecule has 0 bridgehead atoms. The normalized spacial score (nSPS) is 12.5. The minimum atomic E-state index is -3.32. The van der Waals surface area contributed by atoms with Crippen LogP contribution < -0.4 is 10.3 Å². The van der Waals surface area contributed by atoms with Gasteiger partial charge in [-0.1, -0.05) is 43.1 Å². The van der Waals surface area contributed by atoms with E-state index >= 15 is 0 Å². The van der Waals surface area contributed by atoms with Crippen molar-refractivity contribution < 1.29 is 13.2 Å². The summed E-state index contributed by atoms with van der Waals surface area (Å²) in [7, 11) is -3.32. The summed E-state index contributed by atoms with van der Waals surface area (Å²) in [6.45, 7) is 3.95. The van der Waals surface area contributed by atoms with Gasteiger partial charge >= 0.3 is 5.56 Å². The van der Waals surface area contributed by atoms with Crippen LogP contribution in [0.15, 0.2) is 64.4 Å². The molecule has 2 aromatic carbocycles. The Hall–Kier alpha value is -2.64. The Labute approximate surface area is 181 Å². The van der Waals surface area contributed by atoms with Crippen LogP contribution in [0.4, 0.5) is 0 Å². The lowest BCUT2D eigenvalue weighted by molar-refractivity contribution is 0.206. The molecule has 0 aliphatic rings. The van der Waals surface area contributed by atoms with E-state index in [0.29, 0.717) is 21.8 Å². The minimum absolute atomic E-state index is 0.165. The van der Waals surface area contributed by atoms with Crippen LogP contribution in [0.1, 0.15) is 26.7 Å². The van der Waals surface area contributed by atoms with Gasteiger partial charge in [0.15, 0.2) is 15.6 Å². The van der Waals surface area contributed by atoms with Crippen LogP contribution in [0, 0.1) is 0 Å². The number of hydrogen-bond acceptors (Lipinski definition) is 5. The van der Waals surface area contributed by atoms with E-state index in [4.69, 9.17) is 16.3 Å². The van der Waals surface area contributed by atoms with Crippen molar-refractivity contribution in [3.63, 3.8) is 0 Å². The summed E-state index contributed by atoms with van der Waals surface area (Å²) in [6, 6.07) is 13.1. The fraction of sp³-hybridized carbons (Fsp3) is 0.273. The number of aromatic nitrogens is 2. The lowest BCUT2D eigenvalue weighted by atomic mass is 10.1. The lowest BCUT2D eigenvalue weighted by Gasteiger charge is -2.18. The van der Waals surface area contributed by atoms with Gasteiger partial charge in [-0.15, -0.1) is 0 Å². The largest absolute Gasteiger partial charge is 0.484 e. The maximum atomic E-state index is 13.3. The van der Waals surface area contributed by atoms with E-state index in [-0.39, 0.29) is 16.7 Å². The maximum Gasteiger partial charge on any atom is 0.314 e. The topological polar surface area (TPSA) is 78.3 Å². The first-order valence-electron chi connectivity index (χ1n) is 9.56. The summed E-state index contributed by atoms with van der Waals surface area (Å²) in [6.07, 6.45) is 4.22. The highest BCUT2D eigenvalue weighted by atomic mass is 35.5. The second-order valence-corrected chi connectivity index (χ2v) is 9.55. The predicted octanol–water partition coefficient (Wildman–Crippen LogP) is 4.52. The van der Waals surface area contributed by atoms with E-state index < -0.39 is 15.4 Å². The van der Waals surface area contributed by atoms with Gasteiger partial charge in [0.25, 0.3) is 0 Å². The summed E-state index contributed by atoms with van der Waals surface area (Å²) in [5.74, 6) is 0.165. The van der Waals surface area contributed by atoms with Crippen LogP contribution in [0.25, 0.3) is 16.8 Å². The van der Waals surface area contributed by atoms with Gasteiger partial charge in [0.05, 0.1) is 22.9 Å². The van der Waals surface area contributed by atoms with Gasteiger partial charge in [-0.25, -0.2) is 8.42 Å². The Kier molecular flexibility index (Phi) is 6.63. The zero-order valence-electron chi connectivity index (χ0n) is 17.0. The highest BCUT2D eigenvalue weighted by Gasteiger charge is 2.19. The fourth-order valence-corrected chi connectivity index (χ4v) is 3.91. The second kappa shape index (κ2) is 9.02. The molecule has 0 saturated carbocycles. The molecule has 1 unspecified atom stereocenters. The molecule has 8 heteroatoms. The van der Waals surface area contributed by atoms with Crippen molar-refractivity contribution in [3.8, 4) is 22.6 Å². The van der Waals surface area contributed by atoms with Crippen LogP contribution in [0.5, 0.6) is 5.75 Å². The fourth-order valence-electron chi connectivity index (χ4n) is 3.10. The second-order valence-electron chi connectivity index (χ2n) is 7.10. The van der Waals surface area contributed by atoms with Crippen molar-refractivity contribution in [2.75, 3.05) is 6.26 Å². The Bertz CT molecular complexity index is 1200. The van der Waals surface area contributed by atoms with E-state index in [1.807, 2.05) is 13.8 Å². The Morgan fingerprint density at radius 3 is 2.47 bits per heavy atom. The third kappa shape index (κ3) is 4.91. The van der Waals surface area contributed by atoms with Crippen LogP contribution >= 0.6 is 11.6 Å². The molecule has 0 aliphatic heterocycles. The number of hydrogen-bond donors (Lipinski definition) is 0. The molecule has 0 saturated heterocycles. The van der Waals surface area contributed by atoms with E-state index in [1.165, 1.54) is 16.8 Å². The average molecular weight is 447 g/mol. The molecular weight excluding hydrogens is 424 g/mol. The average Bonchev–Trinajstić information content (AvgIpc) is 2.69. The molecule has 30 heavy (non-hydrogen) atoms. The lowest BCUT2D eigenvalue weighted by Crippen LogP contribution is -2.26. The van der Waals surface area contributed by atoms with Crippen LogP contribution in [-0.4, -0.2) is 30.6 Å². The van der Waals surface area contributed by atoms with Crippen LogP contribution in [0.3, 0.4) is 0 Å². The van der Waals surface area contributed by atoms with Gasteiger partial charge in [-0.05, 0) is 49.2 Å². The predicted molar refractivity (Wildman–Crippen MR) is 118 cm³/mol. The number of halogens is 1. The molecule has 1 aromatic heterocycles. The SMILES string of the molecule is CCCC(C)Oc1c(-c2ccc(S(C)(=O)=O)cc2)cnn(-c2cccc(Cl)c2)c1=O. The van der Waals surface area contributed by atoms with E-state index in [2.05, 4.69) is 5.10 Å². The van der Waals surface area contributed by atoms with Gasteiger partial charge in [-0.2, -0.15) is 9.78 Å². The first-order valence-corrected chi connectivity index (χ1v) is 11.8. The molecular formula is C22H23ClN2O4S. The van der Waals surface area contributed by atoms with Gasteiger partial charge in [-0.3, -0.25) is 4.79 Å². The highest BCUT2D eigenvalue weighted by Crippen LogP contribution is 2.29. The molecule has 0 fully saturated rings. The van der Waals surface area contributed by atoms with Gasteiger partial charge in [0, 0.05) is 16.8 Å². The zero-order chi connectivity index (χ0) is 21.9. The molecule has 0 spiro atoms. The molecule has 3 aromatic rings. The summed E-state index contributed by atoms with van der Waals surface area (Å²) >= 11 is 6.07. The molecule has 0 N–H and O–H groups in total. The Balaban J connectivity index is 2.15. The third-order valence-corrected chi connectivity index (χ3v) is 5.96. The summed E-state index contributed by atoms with van der Waals surface area (Å²) in [4.78, 5) is 13.5. The standard InChI is InChI=1S/C22H23ClN2O4S/c1-4-6-15(2)29-21-20(16-9-11-19(12-10-16)30(3,27)28)14-24-25(22(21)26)18-8-5-7-17(23)13-18/h5,7-15H,4,6H2,1-3H3. The first-order chi connectivity index (χ1) is 14.2. The first kappa shape index (κ1) is 22.1. The van der Waals surface area contributed by atoms with Gasteiger partial charge in [0.2, 0.25) is 0 Å². The van der Waals surface area contributed by atoms with Crippen molar-refractivity contribution in [1.82, 2.24) is 9.78 Å². The monoisotopic (exact) mass is 446 g/mol. The molecule has 158 valence electrons. The third-order valence-electron chi connectivity index (χ3n) is 4.59. The van der Waals surface area contributed by atoms with Crippen molar-refractivity contribution in [2.45, 2.75) is 37.7 Å². The molecule has 1 atom stereocenters. The number of sulfone groups is 1. The summed E-state index contributed by atoms with van der Waals surface area (Å²) < 4.78 is 30.8. The molecule has 3 rings (SSSR count). The molecule has 1 heterocycles. The maximum absolute atomic E-state index is 13.3. The van der Waals surface area contributed by atoms with Gasteiger partial charge in [0.1, 0.15) is 0 Å². The van der Waals surface area contributed by atoms with Crippen LogP contribution in [0.2, 0.25) is 5.02 Å². The van der Waals surface area contributed by atoms with Crippen LogP contribution in [-0.2, 0) is 9.84 Å². The van der Waals surface area contributed by atoms with E-state index in [0.717, 1.165) is 19.1 Å². The number of nitrogens with zero attached hydrogens (tertiary/aromatic N) is 2. The zero-order valence-corrected chi connectivity index (χ0v) is 18.6. The molecule has 0 aliphatic carbocycles. The number of benzene rings is 2. The van der Waals surface area contributed by atoms with Crippen molar-refractivity contribution in [2.24, 2.45) is 0 Å². The number of ether oxygens (including phenoxy) is 1. The molecule has 0 radical (unpaired) electrons. The number of rotatable bonds is 7. The van der Waals surface area contributed by atoms with E-state index in [9.17, 15) is 13.2 Å². The summed E-state index contributed by atoms with van der Waals surface area (Å²) in [5, 5.41) is 4.79. The van der Waals surface area contributed by atoms with Crippen molar-refractivity contribution in [3.05, 3.63) is 70.1 Å². The quantitative estimate of drug-likeness (QED) is 0.533. The Morgan fingerprint density at radius 2 is 1.87 bits per heavy atom. The smallest absolute Gasteiger partial charge is 0.314 e. The highest BCUT2D eigenvalue weighted by molar-refractivity contribution is 7.90. The molecule has 0 amide bonds. The molecule has 6 nitrogen and oxygen atoms in total. The Morgan fingerprint density at radius 1 is 1.17 bits per heavy atom. The minimum Gasteiger partial charge on any atom is -0.484 e. The van der Waals surface area contributed by atoms with Gasteiger partial charge < -0.3 is 4.74 Å². The van der Waals surface area contributed by atoms with Crippen molar-refractivity contribution in [1.29, 1.82) is 0 Å². The van der Waals surface area contributed by atoms with E-state index in [1.54, 1.807) is 42.6 Å².